The van der Waals surface area contributed by atoms with Crippen molar-refractivity contribution in [3.8, 4) is 0 Å². The molecule has 1 saturated heterocycles. The number of rotatable bonds is 5. The van der Waals surface area contributed by atoms with E-state index in [0.717, 1.165) is 38.5 Å². The highest BCUT2D eigenvalue weighted by Gasteiger charge is 2.30. The second-order valence-electron chi connectivity index (χ2n) is 4.68. The standard InChI is InChI=1S/C11H20N2O2/c12-11(14)10(13-7-8-1-2-8)9-3-5-15-6-4-9/h8-10,13H,1-7H2,(H2,12,14). The summed E-state index contributed by atoms with van der Waals surface area (Å²) < 4.78 is 5.29. The molecule has 0 spiro atoms. The number of primary amides is 1. The minimum Gasteiger partial charge on any atom is -0.381 e. The van der Waals surface area contributed by atoms with Crippen LogP contribution in [0.5, 0.6) is 0 Å². The Morgan fingerprint density at radius 3 is 2.53 bits per heavy atom. The lowest BCUT2D eigenvalue weighted by atomic mass is 9.91. The molecule has 86 valence electrons. The molecular formula is C11H20N2O2. The Morgan fingerprint density at radius 2 is 2.00 bits per heavy atom. The van der Waals surface area contributed by atoms with Crippen LogP contribution in [0.1, 0.15) is 25.7 Å². The summed E-state index contributed by atoms with van der Waals surface area (Å²) in [5.74, 6) is 0.948. The fourth-order valence-electron chi connectivity index (χ4n) is 2.16. The van der Waals surface area contributed by atoms with Crippen LogP contribution < -0.4 is 11.1 Å². The van der Waals surface area contributed by atoms with Crippen molar-refractivity contribution in [3.63, 3.8) is 0 Å². The Bertz CT molecular complexity index is 223. The Hall–Kier alpha value is -0.610. The highest BCUT2D eigenvalue weighted by atomic mass is 16.5. The van der Waals surface area contributed by atoms with E-state index in [1.54, 1.807) is 0 Å². The number of hydrogen-bond acceptors (Lipinski definition) is 3. The summed E-state index contributed by atoms with van der Waals surface area (Å²) in [6, 6.07) is -0.144. The van der Waals surface area contributed by atoms with Gasteiger partial charge in [0.25, 0.3) is 0 Å². The van der Waals surface area contributed by atoms with Gasteiger partial charge in [-0.15, -0.1) is 0 Å². The lowest BCUT2D eigenvalue weighted by Crippen LogP contribution is -2.48. The van der Waals surface area contributed by atoms with Gasteiger partial charge in [-0.05, 0) is 44.1 Å². The van der Waals surface area contributed by atoms with E-state index in [1.165, 1.54) is 12.8 Å². The Balaban J connectivity index is 1.82. The first kappa shape index (κ1) is 10.9. The molecule has 0 radical (unpaired) electrons. The minimum atomic E-state index is -0.206. The highest BCUT2D eigenvalue weighted by Crippen LogP contribution is 2.28. The first-order valence-corrected chi connectivity index (χ1v) is 5.88. The molecule has 1 aliphatic carbocycles. The lowest BCUT2D eigenvalue weighted by Gasteiger charge is -2.28. The number of amides is 1. The third kappa shape index (κ3) is 3.18. The molecular weight excluding hydrogens is 192 g/mol. The van der Waals surface area contributed by atoms with Crippen LogP contribution in [0, 0.1) is 11.8 Å². The molecule has 0 bridgehead atoms. The third-order valence-electron chi connectivity index (χ3n) is 3.37. The fourth-order valence-corrected chi connectivity index (χ4v) is 2.16. The number of carbonyl (C=O) groups is 1. The zero-order chi connectivity index (χ0) is 10.7. The molecule has 2 fully saturated rings. The van der Waals surface area contributed by atoms with Crippen molar-refractivity contribution < 1.29 is 9.53 Å². The SMILES string of the molecule is NC(=O)C(NCC1CC1)C1CCOCC1. The number of ether oxygens (including phenoxy) is 1. The van der Waals surface area contributed by atoms with Crippen molar-refractivity contribution in [1.29, 1.82) is 0 Å². The van der Waals surface area contributed by atoms with Crippen LogP contribution in [0.3, 0.4) is 0 Å². The van der Waals surface area contributed by atoms with Gasteiger partial charge in [0.2, 0.25) is 5.91 Å². The van der Waals surface area contributed by atoms with E-state index >= 15 is 0 Å². The topological polar surface area (TPSA) is 64.4 Å². The molecule has 0 aromatic carbocycles. The molecule has 1 saturated carbocycles. The molecule has 4 heteroatoms. The molecule has 0 aromatic heterocycles. The maximum atomic E-state index is 11.4. The van der Waals surface area contributed by atoms with Crippen LogP contribution in [0.15, 0.2) is 0 Å². The molecule has 1 atom stereocenters. The van der Waals surface area contributed by atoms with Crippen molar-refractivity contribution in [2.75, 3.05) is 19.8 Å². The Kier molecular flexibility index (Phi) is 3.59. The van der Waals surface area contributed by atoms with Gasteiger partial charge in [-0.1, -0.05) is 0 Å². The summed E-state index contributed by atoms with van der Waals surface area (Å²) in [5, 5.41) is 3.32. The van der Waals surface area contributed by atoms with Gasteiger partial charge in [0.15, 0.2) is 0 Å². The zero-order valence-electron chi connectivity index (χ0n) is 9.08. The van der Waals surface area contributed by atoms with E-state index in [9.17, 15) is 4.79 Å². The highest BCUT2D eigenvalue weighted by molar-refractivity contribution is 5.80. The summed E-state index contributed by atoms with van der Waals surface area (Å²) in [6.07, 6.45) is 4.50. The Morgan fingerprint density at radius 1 is 1.33 bits per heavy atom. The summed E-state index contributed by atoms with van der Waals surface area (Å²) >= 11 is 0. The summed E-state index contributed by atoms with van der Waals surface area (Å²) in [5.41, 5.74) is 5.43. The minimum absolute atomic E-state index is 0.144. The van der Waals surface area contributed by atoms with Gasteiger partial charge in [-0.3, -0.25) is 4.79 Å². The molecule has 3 N–H and O–H groups in total. The summed E-state index contributed by atoms with van der Waals surface area (Å²) in [6.45, 7) is 2.48. The van der Waals surface area contributed by atoms with E-state index in [4.69, 9.17) is 10.5 Å². The monoisotopic (exact) mass is 212 g/mol. The van der Waals surface area contributed by atoms with Gasteiger partial charge in [0.1, 0.15) is 0 Å². The fraction of sp³-hybridized carbons (Fsp3) is 0.909. The maximum Gasteiger partial charge on any atom is 0.234 e. The van der Waals surface area contributed by atoms with Gasteiger partial charge < -0.3 is 15.8 Å². The van der Waals surface area contributed by atoms with Crippen molar-refractivity contribution in [1.82, 2.24) is 5.32 Å². The number of hydrogen-bond donors (Lipinski definition) is 2. The molecule has 2 aliphatic rings. The van der Waals surface area contributed by atoms with Crippen LogP contribution in [0.2, 0.25) is 0 Å². The van der Waals surface area contributed by atoms with Gasteiger partial charge in [0.05, 0.1) is 6.04 Å². The van der Waals surface area contributed by atoms with Crippen molar-refractivity contribution in [2.45, 2.75) is 31.7 Å². The van der Waals surface area contributed by atoms with E-state index in [2.05, 4.69) is 5.32 Å². The van der Waals surface area contributed by atoms with Gasteiger partial charge in [0, 0.05) is 13.2 Å². The lowest BCUT2D eigenvalue weighted by molar-refractivity contribution is -0.122. The molecule has 1 amide bonds. The van der Waals surface area contributed by atoms with E-state index in [1.807, 2.05) is 0 Å². The number of nitrogens with two attached hydrogens (primary N) is 1. The van der Waals surface area contributed by atoms with Crippen molar-refractivity contribution >= 4 is 5.91 Å². The van der Waals surface area contributed by atoms with Crippen LogP contribution in [-0.4, -0.2) is 31.7 Å². The normalized spacial score (nSPS) is 25.1. The quantitative estimate of drug-likeness (QED) is 0.687. The molecule has 1 heterocycles. The van der Waals surface area contributed by atoms with Crippen LogP contribution in [-0.2, 0) is 9.53 Å². The van der Waals surface area contributed by atoms with Crippen LogP contribution >= 0.6 is 0 Å². The molecule has 1 aliphatic heterocycles. The Labute approximate surface area is 90.5 Å². The average molecular weight is 212 g/mol. The molecule has 4 nitrogen and oxygen atoms in total. The van der Waals surface area contributed by atoms with E-state index < -0.39 is 0 Å². The van der Waals surface area contributed by atoms with Crippen LogP contribution in [0.4, 0.5) is 0 Å². The second kappa shape index (κ2) is 4.94. The largest absolute Gasteiger partial charge is 0.381 e. The first-order chi connectivity index (χ1) is 7.27. The number of carbonyl (C=O) groups excluding carboxylic acids is 1. The predicted molar refractivity (Wildman–Crippen MR) is 57.3 cm³/mol. The predicted octanol–water partition coefficient (Wildman–Crippen LogP) is 0.266. The first-order valence-electron chi connectivity index (χ1n) is 5.88. The second-order valence-corrected chi connectivity index (χ2v) is 4.68. The molecule has 0 aromatic rings. The summed E-state index contributed by atoms with van der Waals surface area (Å²) in [7, 11) is 0. The average Bonchev–Trinajstić information content (AvgIpc) is 3.03. The van der Waals surface area contributed by atoms with Gasteiger partial charge in [-0.25, -0.2) is 0 Å². The van der Waals surface area contributed by atoms with Crippen molar-refractivity contribution in [2.24, 2.45) is 17.6 Å². The number of nitrogens with one attached hydrogen (secondary N) is 1. The van der Waals surface area contributed by atoms with Crippen molar-refractivity contribution in [3.05, 3.63) is 0 Å². The van der Waals surface area contributed by atoms with Gasteiger partial charge >= 0.3 is 0 Å². The third-order valence-corrected chi connectivity index (χ3v) is 3.37. The van der Waals surface area contributed by atoms with Gasteiger partial charge in [-0.2, -0.15) is 0 Å². The maximum absolute atomic E-state index is 11.4. The summed E-state index contributed by atoms with van der Waals surface area (Å²) in [4.78, 5) is 11.4. The zero-order valence-corrected chi connectivity index (χ0v) is 9.08. The van der Waals surface area contributed by atoms with Crippen LogP contribution in [0.25, 0.3) is 0 Å². The van der Waals surface area contributed by atoms with E-state index in [-0.39, 0.29) is 11.9 Å². The molecule has 1 unspecified atom stereocenters. The smallest absolute Gasteiger partial charge is 0.234 e. The molecule has 15 heavy (non-hydrogen) atoms. The molecule has 2 rings (SSSR count). The van der Waals surface area contributed by atoms with E-state index in [0.29, 0.717) is 5.92 Å².